The largest absolute Gasteiger partial charge is 0.488 e. The molecule has 0 saturated carbocycles. The second-order valence-electron chi connectivity index (χ2n) is 5.69. The average Bonchev–Trinajstić information content (AvgIpc) is 2.66. The lowest BCUT2D eigenvalue weighted by Gasteiger charge is -2.16. The SMILES string of the molecule is CCC(CCO)NC(=O)c1cccc(COc2ccccc2C#N)c1. The molecule has 2 N–H and O–H groups in total. The van der Waals surface area contributed by atoms with Crippen LogP contribution in [0.2, 0.25) is 0 Å². The fraction of sp³-hybridized carbons (Fsp3) is 0.300. The minimum absolute atomic E-state index is 0.0417. The van der Waals surface area contributed by atoms with Crippen molar-refractivity contribution >= 4 is 5.91 Å². The van der Waals surface area contributed by atoms with Crippen molar-refractivity contribution in [2.24, 2.45) is 0 Å². The van der Waals surface area contributed by atoms with Crippen molar-refractivity contribution in [2.45, 2.75) is 32.4 Å². The summed E-state index contributed by atoms with van der Waals surface area (Å²) in [5.41, 5.74) is 1.87. The number of hydrogen-bond acceptors (Lipinski definition) is 4. The van der Waals surface area contributed by atoms with Crippen LogP contribution in [0.5, 0.6) is 5.75 Å². The molecule has 5 heteroatoms. The third-order valence-corrected chi connectivity index (χ3v) is 3.90. The Morgan fingerprint density at radius 1 is 1.28 bits per heavy atom. The van der Waals surface area contributed by atoms with Crippen molar-refractivity contribution in [1.29, 1.82) is 5.26 Å². The number of aliphatic hydroxyl groups excluding tert-OH is 1. The standard InChI is InChI=1S/C20H22N2O3/c1-2-18(10-11-23)22-20(24)16-8-5-6-15(12-16)14-25-19-9-4-3-7-17(19)13-21/h3-9,12,18,23H,2,10-11,14H2,1H3,(H,22,24). The highest BCUT2D eigenvalue weighted by Gasteiger charge is 2.12. The molecule has 1 amide bonds. The third kappa shape index (κ3) is 5.33. The lowest BCUT2D eigenvalue weighted by molar-refractivity contribution is 0.0929. The molecule has 5 nitrogen and oxygen atoms in total. The number of para-hydroxylation sites is 1. The Morgan fingerprint density at radius 3 is 2.80 bits per heavy atom. The number of carbonyl (C=O) groups excluding carboxylic acids is 1. The summed E-state index contributed by atoms with van der Waals surface area (Å²) in [6.45, 7) is 2.29. The fourth-order valence-corrected chi connectivity index (χ4v) is 2.45. The summed E-state index contributed by atoms with van der Waals surface area (Å²) < 4.78 is 5.70. The van der Waals surface area contributed by atoms with Crippen molar-refractivity contribution in [1.82, 2.24) is 5.32 Å². The maximum Gasteiger partial charge on any atom is 0.251 e. The first kappa shape index (κ1) is 18.5. The predicted molar refractivity (Wildman–Crippen MR) is 95.2 cm³/mol. The summed E-state index contributed by atoms with van der Waals surface area (Å²) in [5.74, 6) is 0.355. The van der Waals surface area contributed by atoms with E-state index >= 15 is 0 Å². The molecule has 1 atom stereocenters. The summed E-state index contributed by atoms with van der Waals surface area (Å²) in [6, 6.07) is 16.3. The van der Waals surface area contributed by atoms with E-state index in [4.69, 9.17) is 15.1 Å². The van der Waals surface area contributed by atoms with Crippen LogP contribution in [0.1, 0.15) is 41.3 Å². The first-order chi connectivity index (χ1) is 12.2. The smallest absolute Gasteiger partial charge is 0.251 e. The highest BCUT2D eigenvalue weighted by Crippen LogP contribution is 2.18. The Balaban J connectivity index is 2.03. The maximum atomic E-state index is 12.3. The van der Waals surface area contributed by atoms with Crippen LogP contribution in [-0.4, -0.2) is 23.7 Å². The van der Waals surface area contributed by atoms with Gasteiger partial charge in [0.15, 0.2) is 0 Å². The molecule has 0 radical (unpaired) electrons. The number of amides is 1. The van der Waals surface area contributed by atoms with E-state index in [9.17, 15) is 4.79 Å². The molecule has 0 spiro atoms. The first-order valence-corrected chi connectivity index (χ1v) is 8.30. The molecule has 25 heavy (non-hydrogen) atoms. The van der Waals surface area contributed by atoms with E-state index < -0.39 is 0 Å². The van der Waals surface area contributed by atoms with Crippen LogP contribution in [0.3, 0.4) is 0 Å². The zero-order valence-electron chi connectivity index (χ0n) is 14.2. The number of hydrogen-bond donors (Lipinski definition) is 2. The van der Waals surface area contributed by atoms with Gasteiger partial charge in [-0.3, -0.25) is 4.79 Å². The molecule has 0 aliphatic rings. The van der Waals surface area contributed by atoms with Crippen molar-refractivity contribution in [2.75, 3.05) is 6.61 Å². The van der Waals surface area contributed by atoms with Gasteiger partial charge in [0, 0.05) is 18.2 Å². The number of benzene rings is 2. The molecule has 0 bridgehead atoms. The van der Waals surface area contributed by atoms with Gasteiger partial charge in [0.05, 0.1) is 5.56 Å². The van der Waals surface area contributed by atoms with Gasteiger partial charge in [0.25, 0.3) is 5.91 Å². The number of rotatable bonds is 8. The highest BCUT2D eigenvalue weighted by atomic mass is 16.5. The van der Waals surface area contributed by atoms with E-state index in [0.29, 0.717) is 23.3 Å². The summed E-state index contributed by atoms with van der Waals surface area (Å²) in [6.07, 6.45) is 1.30. The average molecular weight is 338 g/mol. The van der Waals surface area contributed by atoms with E-state index in [1.54, 1.807) is 36.4 Å². The zero-order valence-corrected chi connectivity index (χ0v) is 14.2. The molecular weight excluding hydrogens is 316 g/mol. The van der Waals surface area contributed by atoms with E-state index in [1.165, 1.54) is 0 Å². The highest BCUT2D eigenvalue weighted by molar-refractivity contribution is 5.94. The predicted octanol–water partition coefficient (Wildman–Crippen LogP) is 3.03. The van der Waals surface area contributed by atoms with Crippen LogP contribution < -0.4 is 10.1 Å². The fourth-order valence-electron chi connectivity index (χ4n) is 2.45. The molecular formula is C20H22N2O3. The molecule has 2 aromatic rings. The van der Waals surface area contributed by atoms with Crippen molar-refractivity contribution in [3.05, 3.63) is 65.2 Å². The Hall–Kier alpha value is -2.84. The molecule has 0 aliphatic carbocycles. The molecule has 2 rings (SSSR count). The van der Waals surface area contributed by atoms with Gasteiger partial charge in [-0.25, -0.2) is 0 Å². The lowest BCUT2D eigenvalue weighted by atomic mass is 10.1. The zero-order chi connectivity index (χ0) is 18.1. The summed E-state index contributed by atoms with van der Waals surface area (Å²) in [4.78, 5) is 12.3. The van der Waals surface area contributed by atoms with Crippen LogP contribution in [0.4, 0.5) is 0 Å². The molecule has 0 fully saturated rings. The first-order valence-electron chi connectivity index (χ1n) is 8.30. The normalized spacial score (nSPS) is 11.4. The minimum atomic E-state index is -0.167. The topological polar surface area (TPSA) is 82.3 Å². The van der Waals surface area contributed by atoms with E-state index in [2.05, 4.69) is 11.4 Å². The van der Waals surface area contributed by atoms with Crippen LogP contribution in [0.15, 0.2) is 48.5 Å². The van der Waals surface area contributed by atoms with E-state index in [0.717, 1.165) is 12.0 Å². The maximum absolute atomic E-state index is 12.3. The van der Waals surface area contributed by atoms with Crippen molar-refractivity contribution in [3.8, 4) is 11.8 Å². The van der Waals surface area contributed by atoms with Crippen molar-refractivity contribution in [3.63, 3.8) is 0 Å². The van der Waals surface area contributed by atoms with Gasteiger partial charge in [0.1, 0.15) is 18.4 Å². The molecule has 1 unspecified atom stereocenters. The lowest BCUT2D eigenvalue weighted by Crippen LogP contribution is -2.35. The van der Waals surface area contributed by atoms with Crippen LogP contribution >= 0.6 is 0 Å². The third-order valence-electron chi connectivity index (χ3n) is 3.90. The van der Waals surface area contributed by atoms with Crippen LogP contribution in [-0.2, 0) is 6.61 Å². The molecule has 2 aromatic carbocycles. The number of nitrogens with one attached hydrogen (secondary N) is 1. The van der Waals surface area contributed by atoms with Gasteiger partial charge in [-0.05, 0) is 42.7 Å². The molecule has 130 valence electrons. The Bertz CT molecular complexity index is 753. The van der Waals surface area contributed by atoms with Gasteiger partial charge in [-0.15, -0.1) is 0 Å². The number of ether oxygens (including phenoxy) is 1. The van der Waals surface area contributed by atoms with Gasteiger partial charge < -0.3 is 15.2 Å². The van der Waals surface area contributed by atoms with Gasteiger partial charge in [0.2, 0.25) is 0 Å². The number of carbonyl (C=O) groups is 1. The van der Waals surface area contributed by atoms with E-state index in [1.807, 2.05) is 19.1 Å². The van der Waals surface area contributed by atoms with Gasteiger partial charge in [-0.2, -0.15) is 5.26 Å². The van der Waals surface area contributed by atoms with Gasteiger partial charge in [-0.1, -0.05) is 31.2 Å². The Labute approximate surface area is 147 Å². The quantitative estimate of drug-likeness (QED) is 0.775. The van der Waals surface area contributed by atoms with Crippen LogP contribution in [0, 0.1) is 11.3 Å². The number of nitriles is 1. The van der Waals surface area contributed by atoms with Gasteiger partial charge >= 0.3 is 0 Å². The number of aliphatic hydroxyl groups is 1. The van der Waals surface area contributed by atoms with Crippen molar-refractivity contribution < 1.29 is 14.6 Å². The second kappa shape index (κ2) is 9.45. The number of nitrogens with zero attached hydrogens (tertiary/aromatic N) is 1. The molecule has 0 aromatic heterocycles. The summed E-state index contributed by atoms with van der Waals surface area (Å²) in [7, 11) is 0. The second-order valence-corrected chi connectivity index (χ2v) is 5.69. The van der Waals surface area contributed by atoms with Crippen LogP contribution in [0.25, 0.3) is 0 Å². The summed E-state index contributed by atoms with van der Waals surface area (Å²) >= 11 is 0. The minimum Gasteiger partial charge on any atom is -0.488 e. The summed E-state index contributed by atoms with van der Waals surface area (Å²) in [5, 5.41) is 21.0. The monoisotopic (exact) mass is 338 g/mol. The Morgan fingerprint density at radius 2 is 2.08 bits per heavy atom. The van der Waals surface area contributed by atoms with E-state index in [-0.39, 0.29) is 25.2 Å². The molecule has 0 heterocycles. The molecule has 0 saturated heterocycles. The Kier molecular flexibility index (Phi) is 7.00. The molecule has 0 aliphatic heterocycles.